The summed E-state index contributed by atoms with van der Waals surface area (Å²) in [5.41, 5.74) is 11.8. The number of aromatic amines is 1. The fourth-order valence-electron chi connectivity index (χ4n) is 4.71. The van der Waals surface area contributed by atoms with E-state index >= 15 is 0 Å². The molecule has 0 unspecified atom stereocenters. The summed E-state index contributed by atoms with van der Waals surface area (Å²) in [5, 5.41) is 7.79. The first-order chi connectivity index (χ1) is 16.2. The molecule has 0 spiro atoms. The van der Waals surface area contributed by atoms with Gasteiger partial charge in [-0.2, -0.15) is 0 Å². The minimum absolute atomic E-state index is 0.0338. The lowest BCUT2D eigenvalue weighted by atomic mass is 9.90. The van der Waals surface area contributed by atoms with Crippen molar-refractivity contribution in [1.29, 1.82) is 0 Å². The maximum Gasteiger partial charge on any atom is 0.237 e. The van der Waals surface area contributed by atoms with E-state index < -0.39 is 0 Å². The first kappa shape index (κ1) is 19.7. The molecule has 2 aliphatic rings. The third-order valence-electron chi connectivity index (χ3n) is 6.40. The lowest BCUT2D eigenvalue weighted by Gasteiger charge is -2.31. The molecular weight excluding hydrogens is 416 g/mol. The lowest BCUT2D eigenvalue weighted by molar-refractivity contribution is -0.123. The van der Waals surface area contributed by atoms with E-state index in [9.17, 15) is 4.79 Å². The van der Waals surface area contributed by atoms with Crippen LogP contribution in [0, 0.1) is 0 Å². The van der Waals surface area contributed by atoms with Crippen LogP contribution in [0.3, 0.4) is 0 Å². The second-order valence-electron chi connectivity index (χ2n) is 8.49. The van der Waals surface area contributed by atoms with Crippen LogP contribution in [-0.4, -0.2) is 23.7 Å². The van der Waals surface area contributed by atoms with Gasteiger partial charge in [0.05, 0.1) is 12.1 Å². The molecule has 3 aromatic carbocycles. The summed E-state index contributed by atoms with van der Waals surface area (Å²) in [7, 11) is 0. The Morgan fingerprint density at radius 1 is 1.03 bits per heavy atom. The van der Waals surface area contributed by atoms with Crippen LogP contribution >= 0.6 is 0 Å². The molecule has 0 bridgehead atoms. The van der Waals surface area contributed by atoms with Gasteiger partial charge >= 0.3 is 0 Å². The van der Waals surface area contributed by atoms with E-state index in [1.807, 2.05) is 54.6 Å². The second kappa shape index (κ2) is 7.86. The van der Waals surface area contributed by atoms with Crippen molar-refractivity contribution >= 4 is 22.5 Å². The maximum absolute atomic E-state index is 13.2. The number of nitrogen functional groups attached to an aromatic ring is 1. The smallest absolute Gasteiger partial charge is 0.237 e. The fraction of sp³-hybridized carbons (Fsp3) is 0.192. The van der Waals surface area contributed by atoms with E-state index in [1.165, 1.54) is 5.56 Å². The van der Waals surface area contributed by atoms with Crippen LogP contribution in [-0.2, 0) is 17.8 Å². The summed E-state index contributed by atoms with van der Waals surface area (Å²) in [6.07, 6.45) is 0.605. The van der Waals surface area contributed by atoms with E-state index in [2.05, 4.69) is 27.8 Å². The highest BCUT2D eigenvalue weighted by atomic mass is 16.7. The molecule has 0 aliphatic carbocycles. The normalized spacial score (nSPS) is 18.8. The SMILES string of the molecule is Nc1ccc(CNC(=O)[C@@H]2Cc3c([nH]c4ccccc34)[C@@H](c3ccc4c(c3)OCO4)N2)cc1. The highest BCUT2D eigenvalue weighted by Crippen LogP contribution is 2.39. The molecule has 7 heteroatoms. The number of nitrogens with one attached hydrogen (secondary N) is 3. The summed E-state index contributed by atoms with van der Waals surface area (Å²) in [6, 6.07) is 21.1. The Labute approximate surface area is 190 Å². The standard InChI is InChI=1S/C26H24N4O3/c27-17-8-5-15(6-9-17)13-28-26(31)21-12-19-18-3-1-2-4-20(18)29-25(19)24(30-21)16-7-10-22-23(11-16)33-14-32-22/h1-11,21,24,29-30H,12-14,27H2,(H,28,31)/t21-,24+/m0/s1. The molecule has 0 radical (unpaired) electrons. The Morgan fingerprint density at radius 2 is 1.85 bits per heavy atom. The molecule has 1 aromatic heterocycles. The van der Waals surface area contributed by atoms with Crippen LogP contribution in [0.2, 0.25) is 0 Å². The number of ether oxygens (including phenoxy) is 2. The summed E-state index contributed by atoms with van der Waals surface area (Å²) < 4.78 is 11.1. The number of nitrogens with two attached hydrogens (primary N) is 1. The molecule has 33 heavy (non-hydrogen) atoms. The van der Waals surface area contributed by atoms with Gasteiger partial charge in [-0.1, -0.05) is 36.4 Å². The molecule has 3 heterocycles. The number of carbonyl (C=O) groups excluding carboxylic acids is 1. The van der Waals surface area contributed by atoms with Gasteiger partial charge in [-0.25, -0.2) is 0 Å². The minimum Gasteiger partial charge on any atom is -0.454 e. The summed E-state index contributed by atoms with van der Waals surface area (Å²) in [4.78, 5) is 16.8. The molecule has 2 atom stereocenters. The van der Waals surface area contributed by atoms with Crippen molar-refractivity contribution in [3.8, 4) is 11.5 Å². The van der Waals surface area contributed by atoms with E-state index in [4.69, 9.17) is 15.2 Å². The largest absolute Gasteiger partial charge is 0.454 e. The molecule has 0 saturated heterocycles. The van der Waals surface area contributed by atoms with Gasteiger partial charge in [-0.3, -0.25) is 10.1 Å². The lowest BCUT2D eigenvalue weighted by Crippen LogP contribution is -2.49. The van der Waals surface area contributed by atoms with E-state index in [0.717, 1.165) is 39.2 Å². The molecule has 0 fully saturated rings. The van der Waals surface area contributed by atoms with Crippen molar-refractivity contribution in [2.75, 3.05) is 12.5 Å². The number of rotatable bonds is 4. The number of hydrogen-bond acceptors (Lipinski definition) is 5. The van der Waals surface area contributed by atoms with Crippen LogP contribution < -0.4 is 25.8 Å². The summed E-state index contributed by atoms with van der Waals surface area (Å²) in [5.74, 6) is 1.43. The van der Waals surface area contributed by atoms with Crippen LogP contribution in [0.1, 0.15) is 28.4 Å². The van der Waals surface area contributed by atoms with Crippen LogP contribution in [0.4, 0.5) is 5.69 Å². The number of carbonyl (C=O) groups is 1. The predicted molar refractivity (Wildman–Crippen MR) is 126 cm³/mol. The van der Waals surface area contributed by atoms with Crippen molar-refractivity contribution < 1.29 is 14.3 Å². The van der Waals surface area contributed by atoms with E-state index in [0.29, 0.717) is 18.7 Å². The van der Waals surface area contributed by atoms with Gasteiger partial charge in [0.2, 0.25) is 12.7 Å². The molecule has 2 aliphatic heterocycles. The first-order valence-electron chi connectivity index (χ1n) is 11.0. The van der Waals surface area contributed by atoms with E-state index in [-0.39, 0.29) is 24.8 Å². The van der Waals surface area contributed by atoms with Crippen LogP contribution in [0.5, 0.6) is 11.5 Å². The highest BCUT2D eigenvalue weighted by Gasteiger charge is 2.34. The fourth-order valence-corrected chi connectivity index (χ4v) is 4.71. The van der Waals surface area contributed by atoms with Gasteiger partial charge in [0.25, 0.3) is 0 Å². The molecular formula is C26H24N4O3. The number of benzene rings is 3. The number of para-hydroxylation sites is 1. The molecule has 7 nitrogen and oxygen atoms in total. The Hall–Kier alpha value is -3.97. The Morgan fingerprint density at radius 3 is 2.73 bits per heavy atom. The van der Waals surface area contributed by atoms with Gasteiger partial charge in [0, 0.05) is 28.8 Å². The third kappa shape index (κ3) is 3.56. The molecule has 0 saturated carbocycles. The third-order valence-corrected chi connectivity index (χ3v) is 6.40. The quantitative estimate of drug-likeness (QED) is 0.365. The van der Waals surface area contributed by atoms with Gasteiger partial charge in [-0.15, -0.1) is 0 Å². The van der Waals surface area contributed by atoms with Crippen molar-refractivity contribution in [2.24, 2.45) is 0 Å². The number of anilines is 1. The predicted octanol–water partition coefficient (Wildman–Crippen LogP) is 3.40. The van der Waals surface area contributed by atoms with Gasteiger partial charge < -0.3 is 25.5 Å². The Bertz CT molecular complexity index is 1350. The average Bonchev–Trinajstić information content (AvgIpc) is 3.47. The second-order valence-corrected chi connectivity index (χ2v) is 8.49. The molecule has 4 aromatic rings. The Kier molecular flexibility index (Phi) is 4.69. The van der Waals surface area contributed by atoms with Crippen LogP contribution in [0.15, 0.2) is 66.7 Å². The maximum atomic E-state index is 13.2. The average molecular weight is 441 g/mol. The monoisotopic (exact) mass is 440 g/mol. The zero-order valence-electron chi connectivity index (χ0n) is 17.9. The number of H-pyrrole nitrogens is 1. The zero-order chi connectivity index (χ0) is 22.4. The number of amides is 1. The molecule has 5 N–H and O–H groups in total. The molecule has 6 rings (SSSR count). The molecule has 1 amide bonds. The van der Waals surface area contributed by atoms with Crippen LogP contribution in [0.25, 0.3) is 10.9 Å². The highest BCUT2D eigenvalue weighted by molar-refractivity contribution is 5.88. The first-order valence-corrected chi connectivity index (χ1v) is 11.0. The molecule has 166 valence electrons. The number of aromatic nitrogens is 1. The summed E-state index contributed by atoms with van der Waals surface area (Å²) in [6.45, 7) is 0.678. The minimum atomic E-state index is -0.374. The van der Waals surface area contributed by atoms with Crippen molar-refractivity contribution in [2.45, 2.75) is 25.0 Å². The topological polar surface area (TPSA) is 101 Å². The van der Waals surface area contributed by atoms with Crippen molar-refractivity contribution in [3.05, 3.63) is 89.1 Å². The Balaban J connectivity index is 1.32. The van der Waals surface area contributed by atoms with Crippen molar-refractivity contribution in [3.63, 3.8) is 0 Å². The van der Waals surface area contributed by atoms with Gasteiger partial charge in [-0.05, 0) is 53.4 Å². The number of fused-ring (bicyclic) bond motifs is 4. The summed E-state index contributed by atoms with van der Waals surface area (Å²) >= 11 is 0. The zero-order valence-corrected chi connectivity index (χ0v) is 17.9. The van der Waals surface area contributed by atoms with E-state index in [1.54, 1.807) is 0 Å². The van der Waals surface area contributed by atoms with Crippen molar-refractivity contribution in [1.82, 2.24) is 15.6 Å². The van der Waals surface area contributed by atoms with Gasteiger partial charge in [0.1, 0.15) is 0 Å². The van der Waals surface area contributed by atoms with Gasteiger partial charge in [0.15, 0.2) is 11.5 Å². The number of hydrogen-bond donors (Lipinski definition) is 4.